The number of benzene rings is 1. The third-order valence-electron chi connectivity index (χ3n) is 3.15. The summed E-state index contributed by atoms with van der Waals surface area (Å²) in [5, 5.41) is 3.47. The van der Waals surface area contributed by atoms with Crippen LogP contribution in [0.5, 0.6) is 0 Å². The summed E-state index contributed by atoms with van der Waals surface area (Å²) in [5.74, 6) is 0. The lowest BCUT2D eigenvalue weighted by atomic mass is 10.1. The summed E-state index contributed by atoms with van der Waals surface area (Å²) in [6.07, 6.45) is 7.11. The molecule has 1 N–H and O–H groups in total. The molecule has 0 amide bonds. The molecule has 1 saturated heterocycles. The molecule has 1 heterocycles. The second-order valence-corrected chi connectivity index (χ2v) is 4.41. The molecule has 1 aliphatic heterocycles. The summed E-state index contributed by atoms with van der Waals surface area (Å²) in [6, 6.07) is 7.22. The van der Waals surface area contributed by atoms with Gasteiger partial charge in [0.25, 0.3) is 0 Å². The molecule has 0 bridgehead atoms. The van der Waals surface area contributed by atoms with Crippen LogP contribution in [0.4, 0.5) is 0 Å². The van der Waals surface area contributed by atoms with Crippen LogP contribution in [0.1, 0.15) is 29.5 Å². The predicted octanol–water partition coefficient (Wildman–Crippen LogP) is 3.07. The number of rotatable bonds is 2. The van der Waals surface area contributed by atoms with Crippen molar-refractivity contribution in [3.05, 3.63) is 41.0 Å². The minimum absolute atomic E-state index is 0.589. The lowest BCUT2D eigenvalue weighted by Gasteiger charge is -2.04. The maximum absolute atomic E-state index is 3.47. The van der Waals surface area contributed by atoms with E-state index in [0.29, 0.717) is 6.04 Å². The van der Waals surface area contributed by atoms with Gasteiger partial charge < -0.3 is 5.32 Å². The van der Waals surface area contributed by atoms with E-state index in [-0.39, 0.29) is 0 Å². The quantitative estimate of drug-likeness (QED) is 0.775. The van der Waals surface area contributed by atoms with Gasteiger partial charge in [0, 0.05) is 6.04 Å². The Morgan fingerprint density at radius 1 is 1.27 bits per heavy atom. The Balaban J connectivity index is 2.06. The van der Waals surface area contributed by atoms with Crippen molar-refractivity contribution in [2.45, 2.75) is 32.7 Å². The second kappa shape index (κ2) is 4.63. The number of hydrogen-bond acceptors (Lipinski definition) is 1. The molecule has 1 nitrogen and oxygen atoms in total. The SMILES string of the molecule is Cc1ccc(/C=C/C2CCCN2)cc1C. The highest BCUT2D eigenvalue weighted by Crippen LogP contribution is 2.13. The Morgan fingerprint density at radius 3 is 2.80 bits per heavy atom. The van der Waals surface area contributed by atoms with Gasteiger partial charge in [0.2, 0.25) is 0 Å². The van der Waals surface area contributed by atoms with Crippen LogP contribution in [0.3, 0.4) is 0 Å². The van der Waals surface area contributed by atoms with E-state index in [0.717, 1.165) is 0 Å². The summed E-state index contributed by atoms with van der Waals surface area (Å²) in [5.41, 5.74) is 4.05. The average molecular weight is 201 g/mol. The molecule has 1 aromatic carbocycles. The zero-order valence-electron chi connectivity index (χ0n) is 9.59. The Hall–Kier alpha value is -1.08. The zero-order chi connectivity index (χ0) is 10.7. The van der Waals surface area contributed by atoms with Gasteiger partial charge >= 0.3 is 0 Å². The van der Waals surface area contributed by atoms with Crippen molar-refractivity contribution >= 4 is 6.08 Å². The molecule has 0 spiro atoms. The van der Waals surface area contributed by atoms with Crippen molar-refractivity contribution in [2.24, 2.45) is 0 Å². The van der Waals surface area contributed by atoms with E-state index in [1.54, 1.807) is 0 Å². The first-order chi connectivity index (χ1) is 7.25. The van der Waals surface area contributed by atoms with E-state index in [9.17, 15) is 0 Å². The maximum Gasteiger partial charge on any atom is 0.0253 e. The van der Waals surface area contributed by atoms with Gasteiger partial charge in [0.15, 0.2) is 0 Å². The van der Waals surface area contributed by atoms with Crippen LogP contribution in [-0.2, 0) is 0 Å². The number of aryl methyl sites for hydroxylation is 2. The van der Waals surface area contributed by atoms with Crippen LogP contribution in [-0.4, -0.2) is 12.6 Å². The molecular weight excluding hydrogens is 182 g/mol. The molecule has 15 heavy (non-hydrogen) atoms. The van der Waals surface area contributed by atoms with Crippen LogP contribution >= 0.6 is 0 Å². The van der Waals surface area contributed by atoms with Gasteiger partial charge in [-0.05, 0) is 49.9 Å². The zero-order valence-corrected chi connectivity index (χ0v) is 9.59. The third-order valence-corrected chi connectivity index (χ3v) is 3.15. The molecule has 1 aromatic rings. The van der Waals surface area contributed by atoms with Crippen molar-refractivity contribution in [1.82, 2.24) is 5.32 Å². The highest BCUT2D eigenvalue weighted by Gasteiger charge is 2.09. The third kappa shape index (κ3) is 2.69. The van der Waals surface area contributed by atoms with Crippen LogP contribution in [0, 0.1) is 13.8 Å². The van der Waals surface area contributed by atoms with Crippen LogP contribution in [0.2, 0.25) is 0 Å². The van der Waals surface area contributed by atoms with E-state index in [1.165, 1.54) is 36.1 Å². The van der Waals surface area contributed by atoms with Crippen molar-refractivity contribution in [1.29, 1.82) is 0 Å². The fourth-order valence-corrected chi connectivity index (χ4v) is 1.97. The fourth-order valence-electron chi connectivity index (χ4n) is 1.97. The van der Waals surface area contributed by atoms with Crippen LogP contribution < -0.4 is 5.32 Å². The first-order valence-corrected chi connectivity index (χ1v) is 5.74. The molecule has 0 radical (unpaired) electrons. The first kappa shape index (κ1) is 10.4. The van der Waals surface area contributed by atoms with E-state index in [1.807, 2.05) is 0 Å². The normalized spacial score (nSPS) is 21.3. The molecule has 1 heteroatoms. The van der Waals surface area contributed by atoms with Crippen molar-refractivity contribution in [2.75, 3.05) is 6.54 Å². The second-order valence-electron chi connectivity index (χ2n) is 4.41. The predicted molar refractivity (Wildman–Crippen MR) is 66.0 cm³/mol. The molecule has 0 aromatic heterocycles. The molecule has 1 aliphatic rings. The van der Waals surface area contributed by atoms with Crippen molar-refractivity contribution in [3.63, 3.8) is 0 Å². The number of nitrogens with one attached hydrogen (secondary N) is 1. The van der Waals surface area contributed by atoms with Gasteiger partial charge in [-0.15, -0.1) is 0 Å². The average Bonchev–Trinajstić information content (AvgIpc) is 2.73. The fraction of sp³-hybridized carbons (Fsp3) is 0.429. The molecule has 0 saturated carbocycles. The lowest BCUT2D eigenvalue weighted by molar-refractivity contribution is 0.730. The standard InChI is InChI=1S/C14H19N/c1-11-5-6-13(10-12(11)2)7-8-14-4-3-9-15-14/h5-8,10,14-15H,3-4,9H2,1-2H3/b8-7+. The largest absolute Gasteiger partial charge is 0.311 e. The van der Waals surface area contributed by atoms with Gasteiger partial charge in [-0.25, -0.2) is 0 Å². The highest BCUT2D eigenvalue weighted by molar-refractivity contribution is 5.52. The monoisotopic (exact) mass is 201 g/mol. The first-order valence-electron chi connectivity index (χ1n) is 5.74. The Morgan fingerprint density at radius 2 is 2.13 bits per heavy atom. The topological polar surface area (TPSA) is 12.0 Å². The summed E-state index contributed by atoms with van der Waals surface area (Å²) in [6.45, 7) is 5.49. The molecular formula is C14H19N. The van der Waals surface area contributed by atoms with Gasteiger partial charge in [-0.3, -0.25) is 0 Å². The molecule has 80 valence electrons. The Bertz CT molecular complexity index is 360. The van der Waals surface area contributed by atoms with E-state index >= 15 is 0 Å². The summed E-state index contributed by atoms with van der Waals surface area (Å²) < 4.78 is 0. The van der Waals surface area contributed by atoms with E-state index < -0.39 is 0 Å². The van der Waals surface area contributed by atoms with Crippen molar-refractivity contribution < 1.29 is 0 Å². The Kier molecular flexibility index (Phi) is 3.22. The summed E-state index contributed by atoms with van der Waals surface area (Å²) in [4.78, 5) is 0. The smallest absolute Gasteiger partial charge is 0.0253 e. The van der Waals surface area contributed by atoms with Crippen LogP contribution in [0.15, 0.2) is 24.3 Å². The van der Waals surface area contributed by atoms with Crippen LogP contribution in [0.25, 0.3) is 6.08 Å². The Labute approximate surface area is 92.2 Å². The van der Waals surface area contributed by atoms with E-state index in [4.69, 9.17) is 0 Å². The van der Waals surface area contributed by atoms with Gasteiger partial charge in [0.1, 0.15) is 0 Å². The molecule has 1 atom stereocenters. The van der Waals surface area contributed by atoms with Crippen molar-refractivity contribution in [3.8, 4) is 0 Å². The molecule has 0 aliphatic carbocycles. The molecule has 2 rings (SSSR count). The summed E-state index contributed by atoms with van der Waals surface area (Å²) >= 11 is 0. The van der Waals surface area contributed by atoms with Gasteiger partial charge in [0.05, 0.1) is 0 Å². The minimum Gasteiger partial charge on any atom is -0.311 e. The van der Waals surface area contributed by atoms with E-state index in [2.05, 4.69) is 49.5 Å². The minimum atomic E-state index is 0.589. The number of hydrogen-bond donors (Lipinski definition) is 1. The molecule has 1 unspecified atom stereocenters. The van der Waals surface area contributed by atoms with Gasteiger partial charge in [-0.1, -0.05) is 30.4 Å². The maximum atomic E-state index is 3.47. The van der Waals surface area contributed by atoms with Gasteiger partial charge in [-0.2, -0.15) is 0 Å². The summed E-state index contributed by atoms with van der Waals surface area (Å²) in [7, 11) is 0. The highest BCUT2D eigenvalue weighted by atomic mass is 14.9. The lowest BCUT2D eigenvalue weighted by Crippen LogP contribution is -2.17. The molecule has 1 fully saturated rings.